The molecule has 0 aromatic carbocycles. The average molecular weight is 197 g/mol. The molecule has 1 aromatic heterocycles. The SMILES string of the molecule is c1ccc(C2SCCCS2)nc1. The number of nitrogens with zero attached hydrogens (tertiary/aromatic N) is 1. The van der Waals surface area contributed by atoms with Crippen LogP contribution in [0.15, 0.2) is 24.4 Å². The minimum atomic E-state index is 0.583. The van der Waals surface area contributed by atoms with Crippen molar-refractivity contribution in [2.24, 2.45) is 0 Å². The summed E-state index contributed by atoms with van der Waals surface area (Å²) >= 11 is 4.03. The minimum Gasteiger partial charge on any atom is -0.259 e. The van der Waals surface area contributed by atoms with E-state index in [4.69, 9.17) is 0 Å². The molecular formula is C9H11NS2. The van der Waals surface area contributed by atoms with E-state index in [9.17, 15) is 0 Å². The van der Waals surface area contributed by atoms with Crippen LogP contribution < -0.4 is 0 Å². The highest BCUT2D eigenvalue weighted by molar-refractivity contribution is 8.16. The maximum atomic E-state index is 4.36. The number of hydrogen-bond donors (Lipinski definition) is 0. The summed E-state index contributed by atoms with van der Waals surface area (Å²) in [7, 11) is 0. The standard InChI is InChI=1S/C9H11NS2/c1-2-5-10-8(4-1)9-11-6-3-7-12-9/h1-2,4-5,9H,3,6-7H2. The number of rotatable bonds is 1. The van der Waals surface area contributed by atoms with Crippen molar-refractivity contribution >= 4 is 23.5 Å². The van der Waals surface area contributed by atoms with Gasteiger partial charge in [-0.15, -0.1) is 23.5 Å². The first-order valence-corrected chi connectivity index (χ1v) is 6.21. The number of aromatic nitrogens is 1. The molecule has 0 N–H and O–H groups in total. The zero-order chi connectivity index (χ0) is 8.23. The highest BCUT2D eigenvalue weighted by Crippen LogP contribution is 2.42. The lowest BCUT2D eigenvalue weighted by Crippen LogP contribution is -2.01. The van der Waals surface area contributed by atoms with Crippen molar-refractivity contribution in [2.45, 2.75) is 11.0 Å². The molecule has 0 spiro atoms. The van der Waals surface area contributed by atoms with E-state index in [0.717, 1.165) is 0 Å². The van der Waals surface area contributed by atoms with Crippen LogP contribution in [0.2, 0.25) is 0 Å². The van der Waals surface area contributed by atoms with E-state index in [-0.39, 0.29) is 0 Å². The third-order valence-electron chi connectivity index (χ3n) is 1.76. The Morgan fingerprint density at radius 1 is 1.25 bits per heavy atom. The van der Waals surface area contributed by atoms with Gasteiger partial charge in [-0.05, 0) is 30.1 Å². The second-order valence-corrected chi connectivity index (χ2v) is 5.41. The molecule has 0 unspecified atom stereocenters. The lowest BCUT2D eigenvalue weighted by Gasteiger charge is -2.19. The molecule has 0 bridgehead atoms. The van der Waals surface area contributed by atoms with Gasteiger partial charge in [-0.2, -0.15) is 0 Å². The van der Waals surface area contributed by atoms with Crippen LogP contribution in [-0.2, 0) is 0 Å². The molecule has 12 heavy (non-hydrogen) atoms. The molecule has 1 aromatic rings. The molecule has 2 heterocycles. The molecule has 0 saturated carbocycles. The lowest BCUT2D eigenvalue weighted by molar-refractivity contribution is 1.07. The smallest absolute Gasteiger partial charge is 0.0921 e. The van der Waals surface area contributed by atoms with Gasteiger partial charge in [-0.3, -0.25) is 4.98 Å². The Hall–Kier alpha value is -0.150. The van der Waals surface area contributed by atoms with Crippen molar-refractivity contribution in [2.75, 3.05) is 11.5 Å². The molecule has 1 nitrogen and oxygen atoms in total. The molecule has 3 heteroatoms. The van der Waals surface area contributed by atoms with E-state index in [1.165, 1.54) is 23.6 Å². The van der Waals surface area contributed by atoms with E-state index in [2.05, 4.69) is 17.1 Å². The predicted molar refractivity (Wildman–Crippen MR) is 56.5 cm³/mol. The van der Waals surface area contributed by atoms with Gasteiger partial charge in [0, 0.05) is 6.20 Å². The first-order valence-electron chi connectivity index (χ1n) is 4.11. The maximum Gasteiger partial charge on any atom is 0.0921 e. The highest BCUT2D eigenvalue weighted by atomic mass is 32.2. The van der Waals surface area contributed by atoms with E-state index in [1.54, 1.807) is 0 Å². The van der Waals surface area contributed by atoms with E-state index >= 15 is 0 Å². The van der Waals surface area contributed by atoms with Gasteiger partial charge < -0.3 is 0 Å². The Morgan fingerprint density at radius 3 is 2.75 bits per heavy atom. The van der Waals surface area contributed by atoms with Gasteiger partial charge in [0.2, 0.25) is 0 Å². The molecule has 1 aliphatic heterocycles. The Labute approximate surface area is 81.4 Å². The lowest BCUT2D eigenvalue weighted by atomic mass is 10.4. The van der Waals surface area contributed by atoms with Crippen LogP contribution in [0, 0.1) is 0 Å². The molecule has 64 valence electrons. The molecule has 0 aliphatic carbocycles. The minimum absolute atomic E-state index is 0.583. The molecule has 0 atom stereocenters. The van der Waals surface area contributed by atoms with Crippen LogP contribution in [0.3, 0.4) is 0 Å². The second-order valence-electron chi connectivity index (χ2n) is 2.68. The molecule has 0 radical (unpaired) electrons. The van der Waals surface area contributed by atoms with Crippen molar-refractivity contribution in [3.8, 4) is 0 Å². The Bertz CT molecular complexity index is 232. The zero-order valence-electron chi connectivity index (χ0n) is 6.77. The largest absolute Gasteiger partial charge is 0.259 e. The predicted octanol–water partition coefficient (Wildman–Crippen LogP) is 2.95. The topological polar surface area (TPSA) is 12.9 Å². The van der Waals surface area contributed by atoms with Gasteiger partial charge in [0.15, 0.2) is 0 Å². The van der Waals surface area contributed by atoms with Crippen LogP contribution in [0.1, 0.15) is 16.7 Å². The molecule has 1 saturated heterocycles. The van der Waals surface area contributed by atoms with Gasteiger partial charge in [0.25, 0.3) is 0 Å². The van der Waals surface area contributed by atoms with Crippen LogP contribution in [0.25, 0.3) is 0 Å². The van der Waals surface area contributed by atoms with Crippen molar-refractivity contribution in [1.82, 2.24) is 4.98 Å². The van der Waals surface area contributed by atoms with Crippen molar-refractivity contribution in [1.29, 1.82) is 0 Å². The van der Waals surface area contributed by atoms with Crippen LogP contribution in [0.4, 0.5) is 0 Å². The van der Waals surface area contributed by atoms with Gasteiger partial charge in [0.05, 0.1) is 10.3 Å². The molecule has 2 rings (SSSR count). The second kappa shape index (κ2) is 4.19. The molecule has 1 aliphatic rings. The summed E-state index contributed by atoms with van der Waals surface area (Å²) in [6.07, 6.45) is 3.23. The summed E-state index contributed by atoms with van der Waals surface area (Å²) < 4.78 is 0.583. The van der Waals surface area contributed by atoms with E-state index in [0.29, 0.717) is 4.58 Å². The monoisotopic (exact) mass is 197 g/mol. The third-order valence-corrected chi connectivity index (χ3v) is 4.71. The quantitative estimate of drug-likeness (QED) is 0.687. The van der Waals surface area contributed by atoms with Crippen LogP contribution in [0.5, 0.6) is 0 Å². The van der Waals surface area contributed by atoms with Gasteiger partial charge in [0.1, 0.15) is 0 Å². The van der Waals surface area contributed by atoms with Crippen molar-refractivity contribution in [3.05, 3.63) is 30.1 Å². The maximum absolute atomic E-state index is 4.36. The number of pyridine rings is 1. The van der Waals surface area contributed by atoms with Crippen molar-refractivity contribution < 1.29 is 0 Å². The highest BCUT2D eigenvalue weighted by Gasteiger charge is 2.16. The molecule has 1 fully saturated rings. The summed E-state index contributed by atoms with van der Waals surface area (Å²) in [6.45, 7) is 0. The summed E-state index contributed by atoms with van der Waals surface area (Å²) in [5.41, 5.74) is 1.23. The van der Waals surface area contributed by atoms with E-state index < -0.39 is 0 Å². The van der Waals surface area contributed by atoms with E-state index in [1.807, 2.05) is 35.8 Å². The Balaban J connectivity index is 2.08. The van der Waals surface area contributed by atoms with Crippen LogP contribution in [-0.4, -0.2) is 16.5 Å². The number of thioether (sulfide) groups is 2. The van der Waals surface area contributed by atoms with Gasteiger partial charge in [-0.1, -0.05) is 6.07 Å². The first kappa shape index (κ1) is 8.45. The normalized spacial score (nSPS) is 19.3. The fraction of sp³-hybridized carbons (Fsp3) is 0.444. The van der Waals surface area contributed by atoms with Crippen molar-refractivity contribution in [3.63, 3.8) is 0 Å². The molecular weight excluding hydrogens is 186 g/mol. The van der Waals surface area contributed by atoms with Gasteiger partial charge in [-0.25, -0.2) is 0 Å². The van der Waals surface area contributed by atoms with Gasteiger partial charge >= 0.3 is 0 Å². The summed E-state index contributed by atoms with van der Waals surface area (Å²) in [6, 6.07) is 6.16. The summed E-state index contributed by atoms with van der Waals surface area (Å²) in [5.74, 6) is 2.57. The Kier molecular flexibility index (Phi) is 2.95. The first-order chi connectivity index (χ1) is 5.97. The Morgan fingerprint density at radius 2 is 2.08 bits per heavy atom. The fourth-order valence-corrected chi connectivity index (χ4v) is 3.99. The summed E-state index contributed by atoms with van der Waals surface area (Å²) in [5, 5.41) is 0. The zero-order valence-corrected chi connectivity index (χ0v) is 8.40. The fourth-order valence-electron chi connectivity index (χ4n) is 1.17. The van der Waals surface area contributed by atoms with Crippen LogP contribution >= 0.6 is 23.5 Å². The molecule has 0 amide bonds. The number of hydrogen-bond acceptors (Lipinski definition) is 3. The average Bonchev–Trinajstić information content (AvgIpc) is 2.21. The third kappa shape index (κ3) is 1.96. The summed E-state index contributed by atoms with van der Waals surface area (Å²) in [4.78, 5) is 4.36.